The molecule has 0 bridgehead atoms. The molecule has 0 radical (unpaired) electrons. The fourth-order valence-electron chi connectivity index (χ4n) is 2.13. The summed E-state index contributed by atoms with van der Waals surface area (Å²) in [7, 11) is -1.92. The lowest BCUT2D eigenvalue weighted by molar-refractivity contribution is 0.0318. The van der Waals surface area contributed by atoms with E-state index in [1.54, 1.807) is 24.3 Å². The summed E-state index contributed by atoms with van der Waals surface area (Å²) in [5, 5.41) is 0. The van der Waals surface area contributed by atoms with Crippen LogP contribution in [-0.2, 0) is 14.6 Å². The number of methoxy groups -OCH3 is 1. The monoisotopic (exact) mass is 362 g/mol. The average molecular weight is 362 g/mol. The Kier molecular flexibility index (Phi) is 5.58. The molecule has 0 spiro atoms. The summed E-state index contributed by atoms with van der Waals surface area (Å²) in [6.45, 7) is 1.46. The van der Waals surface area contributed by atoms with Gasteiger partial charge in [0, 0.05) is 11.8 Å². The molecule has 0 aliphatic carbocycles. The van der Waals surface area contributed by atoms with Crippen LogP contribution in [0.25, 0.3) is 0 Å². The van der Waals surface area contributed by atoms with Crippen molar-refractivity contribution in [2.24, 2.45) is 0 Å². The molecule has 2 aromatic rings. The summed E-state index contributed by atoms with van der Waals surface area (Å²) < 4.78 is 33.3. The molecule has 0 amide bonds. The molecule has 25 heavy (non-hydrogen) atoms. The number of sulfone groups is 1. The molecule has 7 heteroatoms. The summed E-state index contributed by atoms with van der Waals surface area (Å²) in [5.74, 6) is -0.520. The molecule has 0 aliphatic rings. The van der Waals surface area contributed by atoms with Gasteiger partial charge in [0.25, 0.3) is 0 Å². The van der Waals surface area contributed by atoms with E-state index in [0.717, 1.165) is 6.26 Å². The zero-order valence-electron chi connectivity index (χ0n) is 14.1. The summed E-state index contributed by atoms with van der Waals surface area (Å²) in [5.41, 5.74) is 0.447. The van der Waals surface area contributed by atoms with E-state index in [4.69, 9.17) is 9.47 Å². The van der Waals surface area contributed by atoms with Crippen LogP contribution in [0.15, 0.2) is 53.4 Å². The third-order valence-electron chi connectivity index (χ3n) is 3.53. The SMILES string of the molecule is COc1ccc(C(=O)[C@@H](C)OC(=O)c2cccc(S(C)(=O)=O)c2)cc1. The third kappa shape index (κ3) is 4.67. The van der Waals surface area contributed by atoms with Crippen LogP contribution in [0.1, 0.15) is 27.6 Å². The third-order valence-corrected chi connectivity index (χ3v) is 4.64. The molecule has 0 N–H and O–H groups in total. The number of Topliss-reactive ketones (excluding diaryl/α,β-unsaturated/α-hetero) is 1. The van der Waals surface area contributed by atoms with Crippen LogP contribution in [0.3, 0.4) is 0 Å². The average Bonchev–Trinajstić information content (AvgIpc) is 2.60. The molecule has 0 aromatic heterocycles. The van der Waals surface area contributed by atoms with Crippen molar-refractivity contribution in [2.45, 2.75) is 17.9 Å². The lowest BCUT2D eigenvalue weighted by Crippen LogP contribution is -2.24. The van der Waals surface area contributed by atoms with E-state index in [1.165, 1.54) is 38.3 Å². The van der Waals surface area contributed by atoms with Gasteiger partial charge in [0.1, 0.15) is 5.75 Å². The van der Waals surface area contributed by atoms with Crippen LogP contribution in [-0.4, -0.2) is 39.6 Å². The number of rotatable bonds is 6. The number of carbonyl (C=O) groups excluding carboxylic acids is 2. The first-order valence-corrected chi connectivity index (χ1v) is 9.31. The van der Waals surface area contributed by atoms with Crippen LogP contribution in [0, 0.1) is 0 Å². The van der Waals surface area contributed by atoms with E-state index in [1.807, 2.05) is 0 Å². The Morgan fingerprint density at radius 3 is 2.20 bits per heavy atom. The second-order valence-corrected chi connectivity index (χ2v) is 7.46. The zero-order valence-corrected chi connectivity index (χ0v) is 14.9. The van der Waals surface area contributed by atoms with Gasteiger partial charge in [-0.1, -0.05) is 6.07 Å². The smallest absolute Gasteiger partial charge is 0.338 e. The highest BCUT2D eigenvalue weighted by atomic mass is 32.2. The molecule has 1 atom stereocenters. The van der Waals surface area contributed by atoms with Crippen molar-refractivity contribution in [2.75, 3.05) is 13.4 Å². The highest BCUT2D eigenvalue weighted by Gasteiger charge is 2.21. The zero-order chi connectivity index (χ0) is 18.6. The van der Waals surface area contributed by atoms with E-state index in [9.17, 15) is 18.0 Å². The molecule has 0 saturated heterocycles. The van der Waals surface area contributed by atoms with Crippen molar-refractivity contribution < 1.29 is 27.5 Å². The molecule has 2 rings (SSSR count). The Bertz CT molecular complexity index is 884. The fourth-order valence-corrected chi connectivity index (χ4v) is 2.79. The van der Waals surface area contributed by atoms with Crippen molar-refractivity contribution in [1.29, 1.82) is 0 Å². The standard InChI is InChI=1S/C18H18O6S/c1-12(17(19)13-7-9-15(23-2)10-8-13)24-18(20)14-5-4-6-16(11-14)25(3,21)22/h4-12H,1-3H3/t12-/m1/s1. The van der Waals surface area contributed by atoms with Crippen molar-refractivity contribution in [3.8, 4) is 5.75 Å². The second kappa shape index (κ2) is 7.48. The predicted octanol–water partition coefficient (Wildman–Crippen LogP) is 2.53. The van der Waals surface area contributed by atoms with Crippen LogP contribution >= 0.6 is 0 Å². The van der Waals surface area contributed by atoms with Crippen molar-refractivity contribution in [3.05, 3.63) is 59.7 Å². The van der Waals surface area contributed by atoms with Gasteiger partial charge in [0.15, 0.2) is 15.9 Å². The maximum absolute atomic E-state index is 12.3. The second-order valence-electron chi connectivity index (χ2n) is 5.44. The van der Waals surface area contributed by atoms with E-state index >= 15 is 0 Å². The number of benzene rings is 2. The minimum absolute atomic E-state index is 0.0103. The molecular formula is C18H18O6S. The van der Waals surface area contributed by atoms with Gasteiger partial charge < -0.3 is 9.47 Å². The van der Waals surface area contributed by atoms with Gasteiger partial charge in [-0.05, 0) is 49.4 Å². The Morgan fingerprint density at radius 2 is 1.64 bits per heavy atom. The van der Waals surface area contributed by atoms with Crippen molar-refractivity contribution in [3.63, 3.8) is 0 Å². The van der Waals surface area contributed by atoms with E-state index in [-0.39, 0.29) is 16.2 Å². The molecule has 0 fully saturated rings. The first-order valence-electron chi connectivity index (χ1n) is 7.41. The number of hydrogen-bond donors (Lipinski definition) is 0. The van der Waals surface area contributed by atoms with Crippen LogP contribution in [0.5, 0.6) is 5.75 Å². The van der Waals surface area contributed by atoms with Crippen molar-refractivity contribution >= 4 is 21.6 Å². The normalized spacial score (nSPS) is 12.3. The molecule has 2 aromatic carbocycles. The summed E-state index contributed by atoms with van der Waals surface area (Å²) >= 11 is 0. The molecule has 0 saturated carbocycles. The minimum Gasteiger partial charge on any atom is -0.497 e. The lowest BCUT2D eigenvalue weighted by Gasteiger charge is -2.13. The van der Waals surface area contributed by atoms with Gasteiger partial charge in [-0.15, -0.1) is 0 Å². The fraction of sp³-hybridized carbons (Fsp3) is 0.222. The van der Waals surface area contributed by atoms with Crippen LogP contribution in [0.2, 0.25) is 0 Å². The minimum atomic E-state index is -3.44. The maximum Gasteiger partial charge on any atom is 0.338 e. The Hall–Kier alpha value is -2.67. The van der Waals surface area contributed by atoms with Gasteiger partial charge in [0.05, 0.1) is 17.6 Å². The Balaban J connectivity index is 2.12. The van der Waals surface area contributed by atoms with E-state index in [0.29, 0.717) is 11.3 Å². The van der Waals surface area contributed by atoms with Crippen LogP contribution in [0.4, 0.5) is 0 Å². The highest BCUT2D eigenvalue weighted by Crippen LogP contribution is 2.16. The Morgan fingerprint density at radius 1 is 1.00 bits per heavy atom. The van der Waals surface area contributed by atoms with Gasteiger partial charge >= 0.3 is 5.97 Å². The van der Waals surface area contributed by atoms with Gasteiger partial charge in [-0.3, -0.25) is 4.79 Å². The Labute approximate surface area is 146 Å². The number of esters is 1. The first-order chi connectivity index (χ1) is 11.7. The number of hydrogen-bond acceptors (Lipinski definition) is 6. The lowest BCUT2D eigenvalue weighted by atomic mass is 10.1. The molecule has 0 unspecified atom stereocenters. The molecule has 132 valence electrons. The van der Waals surface area contributed by atoms with E-state index < -0.39 is 21.9 Å². The van der Waals surface area contributed by atoms with Crippen molar-refractivity contribution in [1.82, 2.24) is 0 Å². The van der Waals surface area contributed by atoms with Gasteiger partial charge in [-0.2, -0.15) is 0 Å². The van der Waals surface area contributed by atoms with Gasteiger partial charge in [0.2, 0.25) is 5.78 Å². The summed E-state index contributed by atoms with van der Waals surface area (Å²) in [6.07, 6.45) is 0.0376. The molecule has 0 heterocycles. The number of carbonyl (C=O) groups is 2. The first kappa shape index (κ1) is 18.7. The highest BCUT2D eigenvalue weighted by molar-refractivity contribution is 7.90. The summed E-state index contributed by atoms with van der Waals surface area (Å²) in [6, 6.07) is 11.9. The number of ketones is 1. The number of ether oxygens (including phenoxy) is 2. The molecule has 6 nitrogen and oxygen atoms in total. The quantitative estimate of drug-likeness (QED) is 0.580. The van der Waals surface area contributed by atoms with Crippen LogP contribution < -0.4 is 4.74 Å². The summed E-state index contributed by atoms with van der Waals surface area (Å²) in [4.78, 5) is 24.5. The molecular weight excluding hydrogens is 344 g/mol. The van der Waals surface area contributed by atoms with E-state index in [2.05, 4.69) is 0 Å². The van der Waals surface area contributed by atoms with Gasteiger partial charge in [-0.25, -0.2) is 13.2 Å². The molecule has 0 aliphatic heterocycles. The largest absolute Gasteiger partial charge is 0.497 e. The topological polar surface area (TPSA) is 86.7 Å². The predicted molar refractivity (Wildman–Crippen MR) is 91.8 cm³/mol. The maximum atomic E-state index is 12.3.